The second kappa shape index (κ2) is 6.67. The third kappa shape index (κ3) is 4.15. The number of halogens is 2. The Bertz CT molecular complexity index is 433. The van der Waals surface area contributed by atoms with Crippen LogP contribution in [0.15, 0.2) is 6.07 Å². The number of nitrogens with zero attached hydrogens (tertiary/aromatic N) is 1. The van der Waals surface area contributed by atoms with Gasteiger partial charge < -0.3 is 10.6 Å². The number of anilines is 2. The highest BCUT2D eigenvalue weighted by atomic mass is 35.5. The Morgan fingerprint density at radius 3 is 2.53 bits per heavy atom. The van der Waals surface area contributed by atoms with E-state index in [1.54, 1.807) is 6.07 Å². The standard InChI is InChI=1S/C14H21Cl2N3/c1-3-10(7-9-5-6-9)18-14-12(16)8-11(15)13(19-14)17-4-2/h8-10H,3-7H2,1-2H3,(H2,17,18,19). The zero-order valence-corrected chi connectivity index (χ0v) is 13.0. The van der Waals surface area contributed by atoms with Crippen LogP contribution in [0, 0.1) is 5.92 Å². The van der Waals surface area contributed by atoms with Crippen LogP contribution in [0.4, 0.5) is 11.6 Å². The van der Waals surface area contributed by atoms with Gasteiger partial charge in [0.25, 0.3) is 0 Å². The summed E-state index contributed by atoms with van der Waals surface area (Å²) in [4.78, 5) is 4.49. The van der Waals surface area contributed by atoms with E-state index >= 15 is 0 Å². The van der Waals surface area contributed by atoms with Crippen molar-refractivity contribution < 1.29 is 0 Å². The predicted molar refractivity (Wildman–Crippen MR) is 83.5 cm³/mol. The Morgan fingerprint density at radius 2 is 1.95 bits per heavy atom. The number of hydrogen-bond donors (Lipinski definition) is 2. The van der Waals surface area contributed by atoms with Crippen molar-refractivity contribution in [3.05, 3.63) is 16.1 Å². The van der Waals surface area contributed by atoms with E-state index in [1.165, 1.54) is 19.3 Å². The predicted octanol–water partition coefficient (Wildman–Crippen LogP) is 4.81. The van der Waals surface area contributed by atoms with Gasteiger partial charge in [-0.1, -0.05) is 43.0 Å². The van der Waals surface area contributed by atoms with Crippen LogP contribution in [0.1, 0.15) is 39.5 Å². The van der Waals surface area contributed by atoms with Gasteiger partial charge in [0.2, 0.25) is 0 Å². The first-order chi connectivity index (χ1) is 9.13. The molecule has 5 heteroatoms. The van der Waals surface area contributed by atoms with Gasteiger partial charge in [-0.2, -0.15) is 0 Å². The first-order valence-electron chi connectivity index (χ1n) is 7.00. The molecule has 106 valence electrons. The fourth-order valence-corrected chi connectivity index (χ4v) is 2.62. The minimum atomic E-state index is 0.438. The molecule has 1 unspecified atom stereocenters. The molecule has 0 aromatic carbocycles. The maximum atomic E-state index is 6.22. The molecule has 1 aliphatic carbocycles. The molecule has 2 rings (SSSR count). The van der Waals surface area contributed by atoms with Crippen LogP contribution in [0.3, 0.4) is 0 Å². The number of rotatable bonds is 7. The molecule has 0 bridgehead atoms. The molecule has 19 heavy (non-hydrogen) atoms. The average molecular weight is 302 g/mol. The zero-order valence-electron chi connectivity index (χ0n) is 11.5. The summed E-state index contributed by atoms with van der Waals surface area (Å²) in [5.41, 5.74) is 0. The summed E-state index contributed by atoms with van der Waals surface area (Å²) in [7, 11) is 0. The SMILES string of the molecule is CCNc1nc(NC(CC)CC2CC2)c(Cl)cc1Cl. The van der Waals surface area contributed by atoms with Gasteiger partial charge in [-0.05, 0) is 31.7 Å². The summed E-state index contributed by atoms with van der Waals surface area (Å²) in [5, 5.41) is 7.75. The van der Waals surface area contributed by atoms with E-state index in [0.717, 1.165) is 24.7 Å². The number of pyridine rings is 1. The first kappa shape index (κ1) is 14.7. The number of aromatic nitrogens is 1. The molecule has 1 atom stereocenters. The van der Waals surface area contributed by atoms with Crippen LogP contribution in [0.5, 0.6) is 0 Å². The highest BCUT2D eigenvalue weighted by Crippen LogP contribution is 2.36. The monoisotopic (exact) mass is 301 g/mol. The lowest BCUT2D eigenvalue weighted by molar-refractivity contribution is 0.585. The Morgan fingerprint density at radius 1 is 1.26 bits per heavy atom. The summed E-state index contributed by atoms with van der Waals surface area (Å²) in [6, 6.07) is 2.19. The number of nitrogens with one attached hydrogen (secondary N) is 2. The van der Waals surface area contributed by atoms with Gasteiger partial charge in [0.05, 0.1) is 10.0 Å². The third-order valence-electron chi connectivity index (χ3n) is 3.42. The van der Waals surface area contributed by atoms with Crippen molar-refractivity contribution in [2.45, 2.75) is 45.6 Å². The molecule has 1 heterocycles. The number of hydrogen-bond acceptors (Lipinski definition) is 3. The molecule has 0 aliphatic heterocycles. The highest BCUT2D eigenvalue weighted by Gasteiger charge is 2.25. The van der Waals surface area contributed by atoms with E-state index < -0.39 is 0 Å². The topological polar surface area (TPSA) is 37.0 Å². The summed E-state index contributed by atoms with van der Waals surface area (Å²) >= 11 is 12.3. The van der Waals surface area contributed by atoms with Crippen molar-refractivity contribution in [3.8, 4) is 0 Å². The smallest absolute Gasteiger partial charge is 0.147 e. The lowest BCUT2D eigenvalue weighted by Gasteiger charge is -2.19. The summed E-state index contributed by atoms with van der Waals surface area (Å²) in [6.45, 7) is 4.99. The molecule has 2 N–H and O–H groups in total. The van der Waals surface area contributed by atoms with Gasteiger partial charge in [0.1, 0.15) is 11.6 Å². The zero-order chi connectivity index (χ0) is 13.8. The van der Waals surface area contributed by atoms with Crippen LogP contribution >= 0.6 is 23.2 Å². The lowest BCUT2D eigenvalue weighted by atomic mass is 10.1. The lowest BCUT2D eigenvalue weighted by Crippen LogP contribution is -2.20. The molecule has 1 saturated carbocycles. The van der Waals surface area contributed by atoms with Crippen LogP contribution in [-0.4, -0.2) is 17.6 Å². The van der Waals surface area contributed by atoms with E-state index in [2.05, 4.69) is 22.5 Å². The van der Waals surface area contributed by atoms with Crippen LogP contribution in [-0.2, 0) is 0 Å². The maximum Gasteiger partial charge on any atom is 0.147 e. The maximum absolute atomic E-state index is 6.22. The Hall–Kier alpha value is -0.670. The molecule has 1 aliphatic rings. The largest absolute Gasteiger partial charge is 0.369 e. The minimum absolute atomic E-state index is 0.438. The molecule has 1 aromatic rings. The van der Waals surface area contributed by atoms with Crippen molar-refractivity contribution in [1.82, 2.24) is 4.98 Å². The van der Waals surface area contributed by atoms with Gasteiger partial charge in [-0.3, -0.25) is 0 Å². The quantitative estimate of drug-likeness (QED) is 0.759. The minimum Gasteiger partial charge on any atom is -0.369 e. The molecule has 0 saturated heterocycles. The molecule has 0 spiro atoms. The van der Waals surface area contributed by atoms with Crippen molar-refractivity contribution in [1.29, 1.82) is 0 Å². The van der Waals surface area contributed by atoms with Crippen molar-refractivity contribution in [2.24, 2.45) is 5.92 Å². The molecular formula is C14H21Cl2N3. The molecule has 3 nitrogen and oxygen atoms in total. The fourth-order valence-electron chi connectivity index (χ4n) is 2.14. The van der Waals surface area contributed by atoms with E-state index in [4.69, 9.17) is 23.2 Å². The van der Waals surface area contributed by atoms with Gasteiger partial charge in [-0.15, -0.1) is 0 Å². The molecule has 0 radical (unpaired) electrons. The first-order valence-corrected chi connectivity index (χ1v) is 7.76. The van der Waals surface area contributed by atoms with E-state index in [0.29, 0.717) is 21.9 Å². The summed E-state index contributed by atoms with van der Waals surface area (Å²) in [5.74, 6) is 2.31. The Balaban J connectivity index is 2.10. The van der Waals surface area contributed by atoms with E-state index in [1.807, 2.05) is 6.92 Å². The van der Waals surface area contributed by atoms with Gasteiger partial charge in [0.15, 0.2) is 0 Å². The highest BCUT2D eigenvalue weighted by molar-refractivity contribution is 6.37. The van der Waals surface area contributed by atoms with Crippen LogP contribution < -0.4 is 10.6 Å². The van der Waals surface area contributed by atoms with Gasteiger partial charge >= 0.3 is 0 Å². The van der Waals surface area contributed by atoms with E-state index in [-0.39, 0.29) is 0 Å². The normalized spacial score (nSPS) is 16.2. The van der Waals surface area contributed by atoms with E-state index in [9.17, 15) is 0 Å². The summed E-state index contributed by atoms with van der Waals surface area (Å²) < 4.78 is 0. The van der Waals surface area contributed by atoms with Crippen LogP contribution in [0.2, 0.25) is 10.0 Å². The van der Waals surface area contributed by atoms with Crippen molar-refractivity contribution in [2.75, 3.05) is 17.2 Å². The van der Waals surface area contributed by atoms with Gasteiger partial charge in [0, 0.05) is 12.6 Å². The molecule has 1 aromatic heterocycles. The Labute approximate surface area is 125 Å². The third-order valence-corrected chi connectivity index (χ3v) is 4.00. The summed E-state index contributed by atoms with van der Waals surface area (Å²) in [6.07, 6.45) is 5.01. The van der Waals surface area contributed by atoms with Crippen molar-refractivity contribution >= 4 is 34.8 Å². The van der Waals surface area contributed by atoms with Gasteiger partial charge in [-0.25, -0.2) is 4.98 Å². The van der Waals surface area contributed by atoms with Crippen molar-refractivity contribution in [3.63, 3.8) is 0 Å². The molecule has 0 amide bonds. The molecular weight excluding hydrogens is 281 g/mol. The second-order valence-corrected chi connectivity index (χ2v) is 5.92. The second-order valence-electron chi connectivity index (χ2n) is 5.11. The molecule has 1 fully saturated rings. The Kier molecular flexibility index (Phi) is 5.17. The average Bonchev–Trinajstić information content (AvgIpc) is 3.18. The fraction of sp³-hybridized carbons (Fsp3) is 0.643. The van der Waals surface area contributed by atoms with Crippen LogP contribution in [0.25, 0.3) is 0 Å².